The van der Waals surface area contributed by atoms with Crippen LogP contribution < -0.4 is 10.1 Å². The van der Waals surface area contributed by atoms with E-state index < -0.39 is 0 Å². The van der Waals surface area contributed by atoms with E-state index >= 15 is 0 Å². The van der Waals surface area contributed by atoms with Gasteiger partial charge in [0.2, 0.25) is 0 Å². The number of rotatable bonds is 4. The highest BCUT2D eigenvalue weighted by atomic mass is 32.1. The molecular formula is C21H21N3O2S. The number of aromatic nitrogens is 2. The van der Waals surface area contributed by atoms with Gasteiger partial charge in [0.25, 0.3) is 5.91 Å². The Bertz CT molecular complexity index is 1010. The fourth-order valence-electron chi connectivity index (χ4n) is 3.28. The molecule has 1 N–H and O–H groups in total. The monoisotopic (exact) mass is 379 g/mol. The van der Waals surface area contributed by atoms with Crippen LogP contribution in [0.25, 0.3) is 11.3 Å². The molecule has 1 aliphatic rings. The molecule has 1 aliphatic heterocycles. The van der Waals surface area contributed by atoms with Crippen molar-refractivity contribution < 1.29 is 9.53 Å². The summed E-state index contributed by atoms with van der Waals surface area (Å²) in [7, 11) is 0. The molecule has 6 heteroatoms. The molecule has 1 amide bonds. The highest BCUT2D eigenvalue weighted by molar-refractivity contribution is 7.12. The van der Waals surface area contributed by atoms with Gasteiger partial charge in [-0.2, -0.15) is 0 Å². The van der Waals surface area contributed by atoms with Crippen molar-refractivity contribution in [3.63, 3.8) is 0 Å². The van der Waals surface area contributed by atoms with Crippen molar-refractivity contribution in [3.8, 4) is 17.0 Å². The van der Waals surface area contributed by atoms with Crippen molar-refractivity contribution in [2.45, 2.75) is 33.3 Å². The molecule has 2 aromatic heterocycles. The van der Waals surface area contributed by atoms with Crippen molar-refractivity contribution in [2.75, 3.05) is 6.54 Å². The Balaban J connectivity index is 1.45. The molecule has 0 fully saturated rings. The first-order valence-electron chi connectivity index (χ1n) is 8.94. The van der Waals surface area contributed by atoms with Crippen LogP contribution in [0.1, 0.15) is 32.2 Å². The fourth-order valence-corrected chi connectivity index (χ4v) is 4.13. The maximum absolute atomic E-state index is 12.3. The van der Waals surface area contributed by atoms with Crippen molar-refractivity contribution >= 4 is 17.2 Å². The Morgan fingerprint density at radius 1 is 1.30 bits per heavy atom. The van der Waals surface area contributed by atoms with E-state index in [4.69, 9.17) is 4.74 Å². The summed E-state index contributed by atoms with van der Waals surface area (Å²) in [5.41, 5.74) is 5.91. The number of aryl methyl sites for hydroxylation is 3. The van der Waals surface area contributed by atoms with E-state index in [1.165, 1.54) is 11.3 Å². The van der Waals surface area contributed by atoms with Gasteiger partial charge in [0.1, 0.15) is 11.9 Å². The van der Waals surface area contributed by atoms with Crippen LogP contribution >= 0.6 is 11.3 Å². The number of ether oxygens (including phenoxy) is 1. The van der Waals surface area contributed by atoms with E-state index in [0.717, 1.165) is 50.8 Å². The maximum atomic E-state index is 12.3. The number of nitrogens with zero attached hydrogens (tertiary/aromatic N) is 2. The molecule has 0 radical (unpaired) electrons. The largest absolute Gasteiger partial charge is 0.488 e. The van der Waals surface area contributed by atoms with Gasteiger partial charge in [-0.25, -0.2) is 4.98 Å². The topological polar surface area (TPSA) is 64.1 Å². The predicted molar refractivity (Wildman–Crippen MR) is 106 cm³/mol. The average molecular weight is 379 g/mol. The highest BCUT2D eigenvalue weighted by Crippen LogP contribution is 2.33. The zero-order valence-electron chi connectivity index (χ0n) is 15.6. The van der Waals surface area contributed by atoms with Crippen LogP contribution in [0.2, 0.25) is 0 Å². The average Bonchev–Trinajstić information content (AvgIpc) is 3.26. The molecule has 0 bridgehead atoms. The molecule has 1 atom stereocenters. The van der Waals surface area contributed by atoms with Crippen LogP contribution in [0.4, 0.5) is 0 Å². The molecule has 3 aromatic rings. The summed E-state index contributed by atoms with van der Waals surface area (Å²) in [6, 6.07) is 8.08. The third-order valence-corrected chi connectivity index (χ3v) is 5.72. The zero-order valence-corrected chi connectivity index (χ0v) is 16.4. The molecule has 138 valence electrons. The summed E-state index contributed by atoms with van der Waals surface area (Å²) >= 11 is 1.46. The summed E-state index contributed by atoms with van der Waals surface area (Å²) in [6.45, 7) is 6.35. The molecular weight excluding hydrogens is 358 g/mol. The number of hydrogen-bond acceptors (Lipinski definition) is 5. The van der Waals surface area contributed by atoms with Crippen molar-refractivity contribution in [2.24, 2.45) is 0 Å². The first-order chi connectivity index (χ1) is 13.0. The number of nitrogens with one attached hydrogen (secondary N) is 1. The molecule has 5 nitrogen and oxygen atoms in total. The van der Waals surface area contributed by atoms with E-state index in [-0.39, 0.29) is 12.0 Å². The minimum Gasteiger partial charge on any atom is -0.488 e. The summed E-state index contributed by atoms with van der Waals surface area (Å²) in [4.78, 5) is 22.1. The molecule has 1 aromatic carbocycles. The third kappa shape index (κ3) is 3.57. The quantitative estimate of drug-likeness (QED) is 0.748. The summed E-state index contributed by atoms with van der Waals surface area (Å²) in [5.74, 6) is 0.844. The molecule has 0 aliphatic carbocycles. The Kier molecular flexibility index (Phi) is 4.66. The van der Waals surface area contributed by atoms with Crippen LogP contribution in [-0.4, -0.2) is 28.5 Å². The summed E-state index contributed by atoms with van der Waals surface area (Å²) < 4.78 is 6.00. The van der Waals surface area contributed by atoms with E-state index in [2.05, 4.69) is 21.4 Å². The van der Waals surface area contributed by atoms with Gasteiger partial charge in [-0.3, -0.25) is 9.78 Å². The van der Waals surface area contributed by atoms with Crippen LogP contribution in [-0.2, 0) is 6.42 Å². The summed E-state index contributed by atoms with van der Waals surface area (Å²) in [5, 5.41) is 4.92. The summed E-state index contributed by atoms with van der Waals surface area (Å²) in [6.07, 6.45) is 2.50. The lowest BCUT2D eigenvalue weighted by atomic mass is 10.0. The second kappa shape index (κ2) is 7.12. The molecule has 0 saturated heterocycles. The standard InChI is InChI=1S/C21H21N3O2S/c1-12-6-7-27-20(12)21(25)23-11-17-9-16-8-15(4-5-18(16)26-17)19-14(3)22-10-13(2)24-19/h4-8,10,17H,9,11H2,1-3H3,(H,23,25)/t17-/m0/s1. The lowest BCUT2D eigenvalue weighted by Crippen LogP contribution is -2.34. The van der Waals surface area contributed by atoms with Gasteiger partial charge < -0.3 is 10.1 Å². The van der Waals surface area contributed by atoms with Gasteiger partial charge in [-0.15, -0.1) is 11.3 Å². The molecule has 4 rings (SSSR count). The van der Waals surface area contributed by atoms with E-state index in [0.29, 0.717) is 6.54 Å². The van der Waals surface area contributed by atoms with Crippen LogP contribution in [0, 0.1) is 20.8 Å². The van der Waals surface area contributed by atoms with E-state index in [9.17, 15) is 4.79 Å². The number of carbonyl (C=O) groups excluding carboxylic acids is 1. The Morgan fingerprint density at radius 2 is 2.15 bits per heavy atom. The second-order valence-electron chi connectivity index (χ2n) is 6.85. The molecule has 0 spiro atoms. The van der Waals surface area contributed by atoms with E-state index in [1.807, 2.05) is 44.4 Å². The molecule has 0 unspecified atom stereocenters. The molecule has 27 heavy (non-hydrogen) atoms. The van der Waals surface area contributed by atoms with Gasteiger partial charge in [0.05, 0.1) is 28.5 Å². The van der Waals surface area contributed by atoms with Crippen LogP contribution in [0.5, 0.6) is 5.75 Å². The smallest absolute Gasteiger partial charge is 0.261 e. The molecule has 3 heterocycles. The van der Waals surface area contributed by atoms with Crippen LogP contribution in [0.3, 0.4) is 0 Å². The Hall–Kier alpha value is -2.73. The maximum Gasteiger partial charge on any atom is 0.261 e. The van der Waals surface area contributed by atoms with Gasteiger partial charge in [-0.1, -0.05) is 0 Å². The van der Waals surface area contributed by atoms with Crippen molar-refractivity contribution in [3.05, 3.63) is 63.2 Å². The Morgan fingerprint density at radius 3 is 2.93 bits per heavy atom. The van der Waals surface area contributed by atoms with Crippen molar-refractivity contribution in [1.29, 1.82) is 0 Å². The third-order valence-electron chi connectivity index (χ3n) is 4.71. The van der Waals surface area contributed by atoms with Gasteiger partial charge >= 0.3 is 0 Å². The fraction of sp³-hybridized carbons (Fsp3) is 0.286. The first-order valence-corrected chi connectivity index (χ1v) is 9.81. The predicted octanol–water partition coefficient (Wildman–Crippen LogP) is 3.86. The SMILES string of the molecule is Cc1cnc(C)c(-c2ccc3c(c2)C[C@@H](CNC(=O)c2sccc2C)O3)n1. The number of thiophene rings is 1. The minimum absolute atomic E-state index is 0.0339. The van der Waals surface area contributed by atoms with Crippen molar-refractivity contribution in [1.82, 2.24) is 15.3 Å². The number of benzene rings is 1. The van der Waals surface area contributed by atoms with E-state index in [1.54, 1.807) is 6.20 Å². The van der Waals surface area contributed by atoms with Gasteiger partial charge in [0, 0.05) is 18.2 Å². The zero-order chi connectivity index (χ0) is 19.0. The van der Waals surface area contributed by atoms with Gasteiger partial charge in [-0.05, 0) is 61.5 Å². The number of amides is 1. The number of carbonyl (C=O) groups is 1. The Labute approximate surface area is 162 Å². The lowest BCUT2D eigenvalue weighted by molar-refractivity contribution is 0.0937. The highest BCUT2D eigenvalue weighted by Gasteiger charge is 2.24. The number of fused-ring (bicyclic) bond motifs is 1. The normalized spacial score (nSPS) is 15.3. The van der Waals surface area contributed by atoms with Crippen LogP contribution in [0.15, 0.2) is 35.8 Å². The van der Waals surface area contributed by atoms with Gasteiger partial charge in [0.15, 0.2) is 0 Å². The lowest BCUT2D eigenvalue weighted by Gasteiger charge is -2.11. The molecule has 0 saturated carbocycles. The second-order valence-corrected chi connectivity index (χ2v) is 7.77. The first kappa shape index (κ1) is 17.7. The number of hydrogen-bond donors (Lipinski definition) is 1. The minimum atomic E-state index is -0.0517.